The highest BCUT2D eigenvalue weighted by molar-refractivity contribution is 6.82. The molecule has 4 aliphatic heterocycles. The molecule has 0 aromatic carbocycles. The molecule has 0 N–H and O–H groups in total. The van der Waals surface area contributed by atoms with E-state index in [2.05, 4.69) is 52.4 Å². The standard InChI is InChI=1S/C76H156O24Si5/c1-101(2,53-9-17-89-65-73-69-93-41-37-81-25-21-77-29-33-85-45-49-97-73)57-13-61-105(62-14-58-102(3,4)54-10-18-90-66-74-70-94-42-38-82-26-22-78-30-34-86-46-50-98-74,63-15-59-103(5,6)55-11-19-91-67-75-71-95-43-39-83-27-23-79-31-35-87-47-51-99-75)64-16-60-104(7,8)56-12-20-92-68-76-72-96-44-40-84-28-24-80-32-36-88-48-52-100-76/h73-76H,9-72H2,1-8H3. The fourth-order valence-electron chi connectivity index (χ4n) is 13.7. The van der Waals surface area contributed by atoms with Crippen LogP contribution in [0, 0.1) is 0 Å². The zero-order valence-corrected chi connectivity index (χ0v) is 72.9. The monoisotopic (exact) mass is 1590 g/mol. The summed E-state index contributed by atoms with van der Waals surface area (Å²) in [6, 6.07) is 16.3. The lowest BCUT2D eigenvalue weighted by Crippen LogP contribution is -2.37. The van der Waals surface area contributed by atoms with E-state index in [0.29, 0.717) is 264 Å². The van der Waals surface area contributed by atoms with Gasteiger partial charge in [0.15, 0.2) is 0 Å². The summed E-state index contributed by atoms with van der Waals surface area (Å²) in [4.78, 5) is 0. The Hall–Kier alpha value is 0.124. The molecule has 4 unspecified atom stereocenters. The summed E-state index contributed by atoms with van der Waals surface area (Å²) < 4.78 is 142. The van der Waals surface area contributed by atoms with Crippen molar-refractivity contribution in [3.8, 4) is 0 Å². The molecule has 0 bridgehead atoms. The quantitative estimate of drug-likeness (QED) is 0.0411. The van der Waals surface area contributed by atoms with E-state index >= 15 is 0 Å². The molecule has 0 aromatic rings. The predicted octanol–water partition coefficient (Wildman–Crippen LogP) is 11.3. The average Bonchev–Trinajstić information content (AvgIpc) is 0.854. The number of hydrogen-bond donors (Lipinski definition) is 0. The van der Waals surface area contributed by atoms with E-state index in [1.807, 2.05) is 0 Å². The van der Waals surface area contributed by atoms with Crippen LogP contribution in [0.1, 0.15) is 51.4 Å². The first-order valence-electron chi connectivity index (χ1n) is 41.2. The van der Waals surface area contributed by atoms with Crippen LogP contribution >= 0.6 is 0 Å². The fraction of sp³-hybridized carbons (Fsp3) is 1.00. The Labute approximate surface area is 642 Å². The van der Waals surface area contributed by atoms with Gasteiger partial charge in [-0.3, -0.25) is 0 Å². The zero-order chi connectivity index (χ0) is 75.0. The van der Waals surface area contributed by atoms with E-state index < -0.39 is 40.4 Å². The van der Waals surface area contributed by atoms with Crippen LogP contribution in [0.25, 0.3) is 0 Å². The first-order chi connectivity index (χ1) is 51.1. The molecule has 0 spiro atoms. The maximum atomic E-state index is 6.37. The van der Waals surface area contributed by atoms with Crippen molar-refractivity contribution in [2.75, 3.05) is 291 Å². The molecule has 0 saturated carbocycles. The van der Waals surface area contributed by atoms with Crippen molar-refractivity contribution in [3.63, 3.8) is 0 Å². The zero-order valence-electron chi connectivity index (χ0n) is 67.9. The van der Waals surface area contributed by atoms with Crippen molar-refractivity contribution in [3.05, 3.63) is 0 Å². The number of ether oxygens (including phenoxy) is 24. The van der Waals surface area contributed by atoms with Crippen molar-refractivity contribution in [1.82, 2.24) is 0 Å². The average molecular weight is 1590 g/mol. The van der Waals surface area contributed by atoms with E-state index in [1.165, 1.54) is 98.2 Å². The summed E-state index contributed by atoms with van der Waals surface area (Å²) in [5, 5.41) is 0. The number of rotatable bonds is 40. The third-order valence-electron chi connectivity index (χ3n) is 20.0. The second-order valence-corrected chi connectivity index (χ2v) is 58.2. The van der Waals surface area contributed by atoms with Crippen molar-refractivity contribution >= 4 is 40.4 Å². The third-order valence-corrected chi connectivity index (χ3v) is 39.3. The topological polar surface area (TPSA) is 222 Å². The molecular weight excluding hydrogens is 1440 g/mol. The van der Waals surface area contributed by atoms with Crippen molar-refractivity contribution in [2.45, 2.75) is 201 Å². The van der Waals surface area contributed by atoms with Crippen LogP contribution in [0.3, 0.4) is 0 Å². The van der Waals surface area contributed by atoms with Gasteiger partial charge in [0.25, 0.3) is 0 Å². The van der Waals surface area contributed by atoms with Crippen LogP contribution < -0.4 is 0 Å². The lowest BCUT2D eigenvalue weighted by molar-refractivity contribution is -0.0774. The molecule has 624 valence electrons. The Kier molecular flexibility index (Phi) is 60.7. The van der Waals surface area contributed by atoms with Crippen LogP contribution in [0.2, 0.25) is 125 Å². The third kappa shape index (κ3) is 58.6. The number of hydrogen-bond acceptors (Lipinski definition) is 24. The molecule has 4 aliphatic rings. The SMILES string of the molecule is C[Si](C)(CCCOCC1COCCOCCOCCOCCO1)CCC[Si](CCC[Si](C)(C)CCCOCC1COCCOCCOCCOCCO1)(CCC[Si](C)(C)CCCOCC1COCCOCCOCCOCCO1)CCC[Si](C)(C)CCCOCC1COCCOCCOCCOCCO1. The minimum absolute atomic E-state index is 0.146. The Morgan fingerprint density at radius 3 is 0.524 bits per heavy atom. The minimum atomic E-state index is -1.76. The molecule has 4 saturated heterocycles. The molecule has 4 heterocycles. The first-order valence-corrected chi connectivity index (χ1v) is 57.6. The van der Waals surface area contributed by atoms with Gasteiger partial charge in [0.1, 0.15) is 24.4 Å². The van der Waals surface area contributed by atoms with Gasteiger partial charge in [-0.1, -0.05) is 151 Å². The van der Waals surface area contributed by atoms with E-state index in [9.17, 15) is 0 Å². The molecule has 4 atom stereocenters. The van der Waals surface area contributed by atoms with Crippen molar-refractivity contribution in [1.29, 1.82) is 0 Å². The van der Waals surface area contributed by atoms with Crippen LogP contribution in [0.4, 0.5) is 0 Å². The van der Waals surface area contributed by atoms with Crippen LogP contribution in [-0.2, 0) is 114 Å². The molecule has 0 amide bonds. The van der Waals surface area contributed by atoms with E-state index in [4.69, 9.17) is 114 Å². The van der Waals surface area contributed by atoms with Gasteiger partial charge in [-0.15, -0.1) is 0 Å². The molecular formula is C76H156O24Si5. The van der Waals surface area contributed by atoms with Gasteiger partial charge in [0, 0.05) is 58.7 Å². The maximum absolute atomic E-state index is 6.37. The summed E-state index contributed by atoms with van der Waals surface area (Å²) in [7, 11) is -7.92. The molecule has 29 heteroatoms. The Bertz CT molecular complexity index is 1590. The summed E-state index contributed by atoms with van der Waals surface area (Å²) >= 11 is 0. The maximum Gasteiger partial charge on any atom is 0.104 e. The molecule has 24 nitrogen and oxygen atoms in total. The Balaban J connectivity index is 1.43. The van der Waals surface area contributed by atoms with Crippen LogP contribution in [0.15, 0.2) is 0 Å². The fourth-order valence-corrected chi connectivity index (χ4v) is 30.2. The van der Waals surface area contributed by atoms with E-state index in [-0.39, 0.29) is 24.4 Å². The Morgan fingerprint density at radius 1 is 0.190 bits per heavy atom. The molecule has 105 heavy (non-hydrogen) atoms. The first kappa shape index (κ1) is 97.5. The van der Waals surface area contributed by atoms with Gasteiger partial charge in [-0.25, -0.2) is 0 Å². The van der Waals surface area contributed by atoms with Gasteiger partial charge in [-0.2, -0.15) is 0 Å². The van der Waals surface area contributed by atoms with Crippen LogP contribution in [-0.4, -0.2) is 355 Å². The van der Waals surface area contributed by atoms with Crippen molar-refractivity contribution < 1.29 is 114 Å². The largest absolute Gasteiger partial charge is 0.379 e. The Morgan fingerprint density at radius 2 is 0.343 bits per heavy atom. The molecule has 4 rings (SSSR count). The molecule has 4 fully saturated rings. The van der Waals surface area contributed by atoms with Crippen molar-refractivity contribution in [2.24, 2.45) is 0 Å². The highest BCUT2D eigenvalue weighted by atomic mass is 28.3. The van der Waals surface area contributed by atoms with Gasteiger partial charge in [-0.05, 0) is 25.7 Å². The van der Waals surface area contributed by atoms with Gasteiger partial charge in [0.2, 0.25) is 0 Å². The smallest absolute Gasteiger partial charge is 0.104 e. The highest BCUT2D eigenvalue weighted by Gasteiger charge is 2.36. The lowest BCUT2D eigenvalue weighted by Gasteiger charge is -2.36. The van der Waals surface area contributed by atoms with Gasteiger partial charge in [0.05, 0.1) is 272 Å². The highest BCUT2D eigenvalue weighted by Crippen LogP contribution is 2.39. The van der Waals surface area contributed by atoms with Crippen LogP contribution in [0.5, 0.6) is 0 Å². The molecule has 0 radical (unpaired) electrons. The minimum Gasteiger partial charge on any atom is -0.379 e. The van der Waals surface area contributed by atoms with Gasteiger partial charge < -0.3 is 114 Å². The summed E-state index contributed by atoms with van der Waals surface area (Å²) in [5.41, 5.74) is 0. The summed E-state index contributed by atoms with van der Waals surface area (Å²) in [5.74, 6) is 0. The van der Waals surface area contributed by atoms with E-state index in [1.54, 1.807) is 0 Å². The second kappa shape index (κ2) is 65.4. The molecule has 0 aromatic heterocycles. The molecule has 0 aliphatic carbocycles. The predicted molar refractivity (Wildman–Crippen MR) is 426 cm³/mol. The normalized spacial score (nSPS) is 23.5. The summed E-state index contributed by atoms with van der Waals surface area (Å²) in [6.45, 7) is 45.1. The van der Waals surface area contributed by atoms with Gasteiger partial charge >= 0.3 is 0 Å². The summed E-state index contributed by atoms with van der Waals surface area (Å²) in [6.07, 6.45) is 9.14. The van der Waals surface area contributed by atoms with E-state index in [0.717, 1.165) is 52.1 Å². The lowest BCUT2D eigenvalue weighted by atomic mass is 10.4. The second-order valence-electron chi connectivity index (χ2n) is 31.9.